The summed E-state index contributed by atoms with van der Waals surface area (Å²) in [5, 5.41) is 0. The van der Waals surface area contributed by atoms with Crippen LogP contribution in [0.25, 0.3) is 0 Å². The predicted molar refractivity (Wildman–Crippen MR) is 131 cm³/mol. The molecular formula is C25H51I. The standard InChI is InChI=1S/C25H51I/c1-4-7-10-13-16-19-22-25(26,23-20-17-14-11-8-5-2)24-21-18-15-12-9-6-3/h4-24H2,1-3H3. The van der Waals surface area contributed by atoms with Gasteiger partial charge in [-0.25, -0.2) is 0 Å². The van der Waals surface area contributed by atoms with Crippen molar-refractivity contribution in [3.05, 3.63) is 0 Å². The molecule has 0 amide bonds. The van der Waals surface area contributed by atoms with Gasteiger partial charge in [-0.2, -0.15) is 0 Å². The summed E-state index contributed by atoms with van der Waals surface area (Å²) >= 11 is 2.88. The molecule has 0 heterocycles. The first-order valence-corrected chi connectivity index (χ1v) is 13.4. The largest absolute Gasteiger partial charge is 0.0789 e. The Bertz CT molecular complexity index is 220. The zero-order valence-corrected chi connectivity index (χ0v) is 20.9. The highest BCUT2D eigenvalue weighted by Gasteiger charge is 2.24. The second-order valence-electron chi connectivity index (χ2n) is 8.70. The van der Waals surface area contributed by atoms with E-state index in [1.807, 2.05) is 0 Å². The van der Waals surface area contributed by atoms with E-state index in [9.17, 15) is 0 Å². The van der Waals surface area contributed by atoms with Crippen molar-refractivity contribution in [2.75, 3.05) is 0 Å². The molecule has 0 atom stereocenters. The van der Waals surface area contributed by atoms with Crippen LogP contribution in [0.4, 0.5) is 0 Å². The number of unbranched alkanes of at least 4 members (excludes halogenated alkanes) is 15. The Morgan fingerprint density at radius 1 is 0.385 bits per heavy atom. The average molecular weight is 479 g/mol. The van der Waals surface area contributed by atoms with Gasteiger partial charge in [0.15, 0.2) is 0 Å². The molecule has 0 aromatic carbocycles. The minimum atomic E-state index is 0.609. The Morgan fingerprint density at radius 2 is 0.615 bits per heavy atom. The molecule has 0 saturated carbocycles. The monoisotopic (exact) mass is 478 g/mol. The topological polar surface area (TPSA) is 0 Å². The number of halogens is 1. The second kappa shape index (κ2) is 20.5. The van der Waals surface area contributed by atoms with Gasteiger partial charge in [-0.15, -0.1) is 0 Å². The van der Waals surface area contributed by atoms with Crippen LogP contribution in [0.3, 0.4) is 0 Å². The van der Waals surface area contributed by atoms with E-state index < -0.39 is 0 Å². The highest BCUT2D eigenvalue weighted by atomic mass is 127. The van der Waals surface area contributed by atoms with Crippen LogP contribution in [0.2, 0.25) is 0 Å². The van der Waals surface area contributed by atoms with Crippen LogP contribution in [0.1, 0.15) is 156 Å². The van der Waals surface area contributed by atoms with E-state index in [2.05, 4.69) is 43.4 Å². The molecule has 0 aliphatic carbocycles. The fraction of sp³-hybridized carbons (Fsp3) is 1.00. The normalized spacial score (nSPS) is 12.0. The summed E-state index contributed by atoms with van der Waals surface area (Å²) in [6.45, 7) is 6.95. The van der Waals surface area contributed by atoms with Crippen LogP contribution >= 0.6 is 22.6 Å². The van der Waals surface area contributed by atoms with Gasteiger partial charge in [-0.1, -0.05) is 159 Å². The van der Waals surface area contributed by atoms with Gasteiger partial charge < -0.3 is 0 Å². The maximum absolute atomic E-state index is 2.88. The van der Waals surface area contributed by atoms with Crippen molar-refractivity contribution < 1.29 is 0 Å². The summed E-state index contributed by atoms with van der Waals surface area (Å²) < 4.78 is 0.609. The van der Waals surface area contributed by atoms with E-state index in [1.54, 1.807) is 0 Å². The van der Waals surface area contributed by atoms with Crippen molar-refractivity contribution in [3.8, 4) is 0 Å². The second-order valence-corrected chi connectivity index (χ2v) is 11.0. The predicted octanol–water partition coefficient (Wildman–Crippen LogP) is 10.4. The fourth-order valence-electron chi connectivity index (χ4n) is 4.04. The first-order valence-electron chi connectivity index (χ1n) is 12.4. The molecule has 0 unspecified atom stereocenters. The number of hydrogen-bond acceptors (Lipinski definition) is 0. The SMILES string of the molecule is CCCCCCCCC(I)(CCCCCCCC)CCCCCCCC. The molecule has 158 valence electrons. The summed E-state index contributed by atoms with van der Waals surface area (Å²) in [4.78, 5) is 0. The Kier molecular flexibility index (Phi) is 21.0. The first-order chi connectivity index (χ1) is 12.7. The zero-order valence-electron chi connectivity index (χ0n) is 18.7. The lowest BCUT2D eigenvalue weighted by molar-refractivity contribution is 0.420. The average Bonchev–Trinajstić information content (AvgIpc) is 2.64. The maximum Gasteiger partial charge on any atom is 0.0222 e. The van der Waals surface area contributed by atoms with Crippen molar-refractivity contribution in [1.82, 2.24) is 0 Å². The van der Waals surface area contributed by atoms with E-state index in [0.29, 0.717) is 3.42 Å². The van der Waals surface area contributed by atoms with Crippen molar-refractivity contribution in [2.24, 2.45) is 0 Å². The molecule has 0 aromatic rings. The quantitative estimate of drug-likeness (QED) is 0.0874. The van der Waals surface area contributed by atoms with Gasteiger partial charge >= 0.3 is 0 Å². The lowest BCUT2D eigenvalue weighted by atomic mass is 9.89. The summed E-state index contributed by atoms with van der Waals surface area (Å²) in [6.07, 6.45) is 30.4. The van der Waals surface area contributed by atoms with Crippen molar-refractivity contribution in [3.63, 3.8) is 0 Å². The lowest BCUT2D eigenvalue weighted by Crippen LogP contribution is -2.20. The Labute approximate surface area is 181 Å². The lowest BCUT2D eigenvalue weighted by Gasteiger charge is -2.28. The van der Waals surface area contributed by atoms with Crippen LogP contribution < -0.4 is 0 Å². The summed E-state index contributed by atoms with van der Waals surface area (Å²) in [6, 6.07) is 0. The Morgan fingerprint density at radius 3 is 0.885 bits per heavy atom. The van der Waals surface area contributed by atoms with Gasteiger partial charge in [0.25, 0.3) is 0 Å². The number of rotatable bonds is 21. The molecule has 0 spiro atoms. The molecule has 0 fully saturated rings. The van der Waals surface area contributed by atoms with Gasteiger partial charge in [0.2, 0.25) is 0 Å². The minimum absolute atomic E-state index is 0.609. The first kappa shape index (κ1) is 26.7. The van der Waals surface area contributed by atoms with Gasteiger partial charge in [0, 0.05) is 3.42 Å². The maximum atomic E-state index is 2.88. The fourth-order valence-corrected chi connectivity index (χ4v) is 5.19. The van der Waals surface area contributed by atoms with Gasteiger partial charge in [0.05, 0.1) is 0 Å². The third-order valence-corrected chi connectivity index (χ3v) is 7.55. The van der Waals surface area contributed by atoms with Crippen LogP contribution in [0, 0.1) is 0 Å². The molecule has 0 N–H and O–H groups in total. The van der Waals surface area contributed by atoms with E-state index in [0.717, 1.165) is 0 Å². The highest BCUT2D eigenvalue weighted by molar-refractivity contribution is 14.1. The van der Waals surface area contributed by atoms with Crippen LogP contribution in [-0.2, 0) is 0 Å². The molecule has 0 bridgehead atoms. The molecule has 0 saturated heterocycles. The number of hydrogen-bond donors (Lipinski definition) is 0. The summed E-state index contributed by atoms with van der Waals surface area (Å²) in [5.74, 6) is 0. The molecule has 0 radical (unpaired) electrons. The van der Waals surface area contributed by atoms with E-state index in [1.165, 1.54) is 135 Å². The molecule has 1 heteroatoms. The van der Waals surface area contributed by atoms with Gasteiger partial charge in [0.1, 0.15) is 0 Å². The molecule has 0 nitrogen and oxygen atoms in total. The van der Waals surface area contributed by atoms with Crippen molar-refractivity contribution >= 4 is 22.6 Å². The summed E-state index contributed by atoms with van der Waals surface area (Å²) in [5.41, 5.74) is 0. The summed E-state index contributed by atoms with van der Waals surface area (Å²) in [7, 11) is 0. The smallest absolute Gasteiger partial charge is 0.0222 e. The van der Waals surface area contributed by atoms with Crippen LogP contribution in [0.5, 0.6) is 0 Å². The van der Waals surface area contributed by atoms with Crippen LogP contribution in [0.15, 0.2) is 0 Å². The Balaban J connectivity index is 4.02. The highest BCUT2D eigenvalue weighted by Crippen LogP contribution is 2.37. The molecule has 0 aliphatic heterocycles. The van der Waals surface area contributed by atoms with Gasteiger partial charge in [-0.05, 0) is 19.3 Å². The van der Waals surface area contributed by atoms with E-state index in [-0.39, 0.29) is 0 Å². The third-order valence-electron chi connectivity index (χ3n) is 5.94. The minimum Gasteiger partial charge on any atom is -0.0789 e. The Hall–Kier alpha value is 0.730. The van der Waals surface area contributed by atoms with Crippen molar-refractivity contribution in [2.45, 2.75) is 159 Å². The molecule has 0 aromatic heterocycles. The number of alkyl halides is 1. The third kappa shape index (κ3) is 18.1. The van der Waals surface area contributed by atoms with E-state index in [4.69, 9.17) is 0 Å². The van der Waals surface area contributed by atoms with Gasteiger partial charge in [-0.3, -0.25) is 0 Å². The van der Waals surface area contributed by atoms with E-state index >= 15 is 0 Å². The molecular weight excluding hydrogens is 427 g/mol. The molecule has 0 rings (SSSR count). The zero-order chi connectivity index (χ0) is 19.3. The van der Waals surface area contributed by atoms with Crippen LogP contribution in [-0.4, -0.2) is 3.42 Å². The molecule has 26 heavy (non-hydrogen) atoms. The van der Waals surface area contributed by atoms with Crippen molar-refractivity contribution in [1.29, 1.82) is 0 Å². The molecule has 0 aliphatic rings.